The van der Waals surface area contributed by atoms with E-state index in [-0.39, 0.29) is 12.5 Å². The Morgan fingerprint density at radius 3 is 2.80 bits per heavy atom. The van der Waals surface area contributed by atoms with Crippen molar-refractivity contribution in [3.8, 4) is 11.5 Å². The molecule has 0 fully saturated rings. The maximum Gasteiger partial charge on any atom is 0.251 e. The summed E-state index contributed by atoms with van der Waals surface area (Å²) in [5.74, 6) is 0.794. The monoisotopic (exact) mass is 405 g/mol. The van der Waals surface area contributed by atoms with E-state index in [1.807, 2.05) is 26.0 Å². The minimum Gasteiger partial charge on any atom is -0.372 e. The largest absolute Gasteiger partial charge is 0.372 e. The van der Waals surface area contributed by atoms with Gasteiger partial charge in [-0.15, -0.1) is 0 Å². The number of ether oxygens (including phenoxy) is 1. The van der Waals surface area contributed by atoms with Gasteiger partial charge in [0.25, 0.3) is 5.91 Å². The van der Waals surface area contributed by atoms with Crippen molar-refractivity contribution in [3.05, 3.63) is 53.6 Å². The molecule has 4 rings (SSSR count). The predicted octanol–water partition coefficient (Wildman–Crippen LogP) is 2.90. The van der Waals surface area contributed by atoms with Crippen molar-refractivity contribution in [3.63, 3.8) is 0 Å². The zero-order valence-corrected chi connectivity index (χ0v) is 17.4. The Bertz CT molecular complexity index is 1230. The third-order valence-electron chi connectivity index (χ3n) is 4.89. The zero-order chi connectivity index (χ0) is 21.3. The lowest BCUT2D eigenvalue weighted by molar-refractivity contribution is -0.120. The molecule has 0 atom stereocenters. The van der Waals surface area contributed by atoms with Crippen LogP contribution < -0.4 is 5.32 Å². The van der Waals surface area contributed by atoms with Gasteiger partial charge in [0.05, 0.1) is 23.0 Å². The Labute approximate surface area is 173 Å². The summed E-state index contributed by atoms with van der Waals surface area (Å²) < 4.78 is 8.58. The molecule has 1 aromatic carbocycles. The van der Waals surface area contributed by atoms with Gasteiger partial charge in [-0.3, -0.25) is 4.79 Å². The van der Waals surface area contributed by atoms with Gasteiger partial charge in [-0.2, -0.15) is 14.9 Å². The van der Waals surface area contributed by atoms with Gasteiger partial charge in [0, 0.05) is 12.7 Å². The second-order valence-corrected chi connectivity index (χ2v) is 6.98. The van der Waals surface area contributed by atoms with Crippen LogP contribution >= 0.6 is 0 Å². The van der Waals surface area contributed by atoms with Crippen molar-refractivity contribution >= 4 is 22.8 Å². The molecule has 0 radical (unpaired) electrons. The molecule has 3 aromatic heterocycles. The number of rotatable bonds is 6. The number of anilines is 1. The number of fused-ring (bicyclic) bond motifs is 1. The molecule has 154 valence electrons. The van der Waals surface area contributed by atoms with E-state index in [1.54, 1.807) is 21.6 Å². The summed E-state index contributed by atoms with van der Waals surface area (Å²) in [6.07, 6.45) is 3.19. The highest BCUT2D eigenvalue weighted by molar-refractivity contribution is 5.92. The molecule has 1 amide bonds. The van der Waals surface area contributed by atoms with Crippen LogP contribution in [0, 0.1) is 20.8 Å². The number of carbonyl (C=O) groups is 1. The third-order valence-corrected chi connectivity index (χ3v) is 4.89. The van der Waals surface area contributed by atoms with Gasteiger partial charge >= 0.3 is 0 Å². The average Bonchev–Trinajstić information content (AvgIpc) is 3.31. The van der Waals surface area contributed by atoms with Crippen LogP contribution in [-0.4, -0.2) is 48.6 Å². The van der Waals surface area contributed by atoms with E-state index in [9.17, 15) is 4.79 Å². The first-order chi connectivity index (χ1) is 14.5. The molecular formula is C21H23N7O2. The fourth-order valence-electron chi connectivity index (χ4n) is 3.27. The SMILES string of the molecule is CCOCC(=O)Nc1cc(C)nn1-c1ncnc2c1cnn2-c1cccc(C)c1C. The van der Waals surface area contributed by atoms with E-state index in [1.165, 1.54) is 11.9 Å². The summed E-state index contributed by atoms with van der Waals surface area (Å²) in [5.41, 5.74) is 4.66. The van der Waals surface area contributed by atoms with Crippen LogP contribution in [0.15, 0.2) is 36.8 Å². The second kappa shape index (κ2) is 8.03. The molecule has 0 spiro atoms. The molecular weight excluding hydrogens is 382 g/mol. The molecule has 0 saturated heterocycles. The van der Waals surface area contributed by atoms with E-state index in [0.29, 0.717) is 23.9 Å². The molecule has 0 aliphatic rings. The van der Waals surface area contributed by atoms with Gasteiger partial charge in [0.2, 0.25) is 0 Å². The molecule has 0 saturated carbocycles. The highest BCUT2D eigenvalue weighted by atomic mass is 16.5. The Morgan fingerprint density at radius 2 is 2.00 bits per heavy atom. The van der Waals surface area contributed by atoms with Crippen LogP contribution in [0.25, 0.3) is 22.5 Å². The lowest BCUT2D eigenvalue weighted by Crippen LogP contribution is -2.20. The zero-order valence-electron chi connectivity index (χ0n) is 17.4. The van der Waals surface area contributed by atoms with Crippen LogP contribution in [0.2, 0.25) is 0 Å². The molecule has 1 N–H and O–H groups in total. The van der Waals surface area contributed by atoms with Crippen LogP contribution in [0.3, 0.4) is 0 Å². The van der Waals surface area contributed by atoms with Gasteiger partial charge in [-0.25, -0.2) is 14.6 Å². The number of nitrogens with one attached hydrogen (secondary N) is 1. The molecule has 30 heavy (non-hydrogen) atoms. The molecule has 9 nitrogen and oxygen atoms in total. The summed E-state index contributed by atoms with van der Waals surface area (Å²) in [6, 6.07) is 7.85. The maximum absolute atomic E-state index is 12.2. The third kappa shape index (κ3) is 3.55. The number of benzene rings is 1. The molecule has 4 aromatic rings. The number of carbonyl (C=O) groups excluding carboxylic acids is 1. The molecule has 0 unspecified atom stereocenters. The summed E-state index contributed by atoms with van der Waals surface area (Å²) in [4.78, 5) is 21.0. The standard InChI is InChI=1S/C21H23N7O2/c1-5-30-11-19(29)25-18-9-14(3)26-28(18)21-16-10-24-27(20(16)22-12-23-21)17-8-6-7-13(2)15(17)4/h6-10,12H,5,11H2,1-4H3,(H,25,29). The van der Waals surface area contributed by atoms with E-state index >= 15 is 0 Å². The number of hydrogen-bond acceptors (Lipinski definition) is 6. The van der Waals surface area contributed by atoms with E-state index in [2.05, 4.69) is 45.4 Å². The lowest BCUT2D eigenvalue weighted by Gasteiger charge is -2.10. The summed E-state index contributed by atoms with van der Waals surface area (Å²) in [6.45, 7) is 8.26. The predicted molar refractivity (Wildman–Crippen MR) is 113 cm³/mol. The fourth-order valence-corrected chi connectivity index (χ4v) is 3.27. The Hall–Kier alpha value is -3.59. The van der Waals surface area contributed by atoms with Crippen molar-refractivity contribution < 1.29 is 9.53 Å². The number of aromatic nitrogens is 6. The number of hydrogen-bond donors (Lipinski definition) is 1. The Kier molecular flexibility index (Phi) is 5.28. The molecule has 0 bridgehead atoms. The summed E-state index contributed by atoms with van der Waals surface area (Å²) in [5, 5.41) is 12.6. The normalized spacial score (nSPS) is 11.2. The van der Waals surface area contributed by atoms with Crippen molar-refractivity contribution in [2.45, 2.75) is 27.7 Å². The van der Waals surface area contributed by atoms with Crippen molar-refractivity contribution in [2.24, 2.45) is 0 Å². The number of amides is 1. The molecule has 0 aliphatic carbocycles. The van der Waals surface area contributed by atoms with Crippen molar-refractivity contribution in [1.29, 1.82) is 0 Å². The van der Waals surface area contributed by atoms with Crippen LogP contribution in [0.5, 0.6) is 0 Å². The molecule has 0 aliphatic heterocycles. The average molecular weight is 405 g/mol. The first-order valence-electron chi connectivity index (χ1n) is 9.69. The van der Waals surface area contributed by atoms with Crippen molar-refractivity contribution in [1.82, 2.24) is 29.5 Å². The van der Waals surface area contributed by atoms with Gasteiger partial charge in [-0.1, -0.05) is 12.1 Å². The van der Waals surface area contributed by atoms with Crippen molar-refractivity contribution in [2.75, 3.05) is 18.5 Å². The Balaban J connectivity index is 1.80. The number of aryl methyl sites for hydroxylation is 2. The smallest absolute Gasteiger partial charge is 0.251 e. The highest BCUT2D eigenvalue weighted by Gasteiger charge is 2.18. The second-order valence-electron chi connectivity index (χ2n) is 6.98. The summed E-state index contributed by atoms with van der Waals surface area (Å²) in [7, 11) is 0. The molecule has 9 heteroatoms. The fraction of sp³-hybridized carbons (Fsp3) is 0.286. The first-order valence-corrected chi connectivity index (χ1v) is 9.69. The maximum atomic E-state index is 12.2. The van der Waals surface area contributed by atoms with Gasteiger partial charge in [-0.05, 0) is 44.9 Å². The van der Waals surface area contributed by atoms with E-state index < -0.39 is 0 Å². The van der Waals surface area contributed by atoms with E-state index in [0.717, 1.165) is 22.3 Å². The van der Waals surface area contributed by atoms with Crippen LogP contribution in [0.1, 0.15) is 23.7 Å². The van der Waals surface area contributed by atoms with Crippen LogP contribution in [0.4, 0.5) is 5.82 Å². The topological polar surface area (TPSA) is 99.8 Å². The van der Waals surface area contributed by atoms with Crippen LogP contribution in [-0.2, 0) is 9.53 Å². The van der Waals surface area contributed by atoms with E-state index in [4.69, 9.17) is 4.74 Å². The lowest BCUT2D eigenvalue weighted by atomic mass is 10.1. The Morgan fingerprint density at radius 1 is 1.17 bits per heavy atom. The summed E-state index contributed by atoms with van der Waals surface area (Å²) >= 11 is 0. The van der Waals surface area contributed by atoms with Gasteiger partial charge < -0.3 is 10.1 Å². The number of nitrogens with zero attached hydrogens (tertiary/aromatic N) is 6. The minimum atomic E-state index is -0.255. The molecule has 3 heterocycles. The van der Waals surface area contributed by atoms with Gasteiger partial charge in [0.1, 0.15) is 18.8 Å². The minimum absolute atomic E-state index is 0.0233. The quantitative estimate of drug-likeness (QED) is 0.529. The first kappa shape index (κ1) is 19.7. The van der Waals surface area contributed by atoms with Gasteiger partial charge in [0.15, 0.2) is 11.5 Å². The highest BCUT2D eigenvalue weighted by Crippen LogP contribution is 2.25.